The van der Waals surface area contributed by atoms with Gasteiger partial charge in [-0.2, -0.15) is 0 Å². The Kier molecular flexibility index (Phi) is 9.02. The second-order valence-electron chi connectivity index (χ2n) is 5.18. The molecule has 1 aromatic carbocycles. The van der Waals surface area contributed by atoms with E-state index in [1.807, 2.05) is 6.92 Å². The summed E-state index contributed by atoms with van der Waals surface area (Å²) in [5.41, 5.74) is 0.485. The van der Waals surface area contributed by atoms with Crippen LogP contribution in [0.4, 0.5) is 0 Å². The van der Waals surface area contributed by atoms with E-state index >= 15 is 0 Å². The minimum Gasteiger partial charge on any atom is -0.452 e. The lowest BCUT2D eigenvalue weighted by atomic mass is 10.2. The van der Waals surface area contributed by atoms with Crippen LogP contribution in [0.1, 0.15) is 18.9 Å². The predicted octanol–water partition coefficient (Wildman–Crippen LogP) is 2.53. The van der Waals surface area contributed by atoms with Crippen molar-refractivity contribution in [2.24, 2.45) is 0 Å². The summed E-state index contributed by atoms with van der Waals surface area (Å²) in [6.07, 6.45) is 3.36. The van der Waals surface area contributed by atoms with Crippen LogP contribution in [0.5, 0.6) is 0 Å². The van der Waals surface area contributed by atoms with Gasteiger partial charge in [0, 0.05) is 35.3 Å². The maximum atomic E-state index is 11.8. The number of likely N-dealkylation sites (N-methyl/N-ethyl adjacent to an activating group) is 1. The van der Waals surface area contributed by atoms with Gasteiger partial charge in [0.25, 0.3) is 5.91 Å². The highest BCUT2D eigenvalue weighted by molar-refractivity contribution is 6.37. The van der Waals surface area contributed by atoms with E-state index in [2.05, 4.69) is 5.32 Å². The summed E-state index contributed by atoms with van der Waals surface area (Å²) in [4.78, 5) is 36.2. The lowest BCUT2D eigenvalue weighted by Crippen LogP contribution is -2.40. The molecule has 1 aromatic rings. The third kappa shape index (κ3) is 7.58. The molecule has 0 fully saturated rings. The lowest BCUT2D eigenvalue weighted by molar-refractivity contribution is -0.148. The SMILES string of the molecule is CCCNC(=O)CN(C)C(=O)COC(=O)/C=C/c1c(Cl)cccc1Cl. The molecule has 0 saturated carbocycles. The van der Waals surface area contributed by atoms with Crippen molar-refractivity contribution in [1.29, 1.82) is 0 Å². The molecule has 1 N–H and O–H groups in total. The molecule has 0 spiro atoms. The molecule has 136 valence electrons. The Morgan fingerprint density at radius 1 is 1.24 bits per heavy atom. The minimum absolute atomic E-state index is 0.0958. The van der Waals surface area contributed by atoms with Crippen LogP contribution in [0.15, 0.2) is 24.3 Å². The van der Waals surface area contributed by atoms with Gasteiger partial charge in [0.05, 0.1) is 6.54 Å². The number of hydrogen-bond donors (Lipinski definition) is 1. The molecule has 0 aliphatic heterocycles. The predicted molar refractivity (Wildman–Crippen MR) is 97.4 cm³/mol. The third-order valence-electron chi connectivity index (χ3n) is 3.10. The number of esters is 1. The summed E-state index contributed by atoms with van der Waals surface area (Å²) < 4.78 is 4.85. The van der Waals surface area contributed by atoms with Crippen molar-refractivity contribution in [3.8, 4) is 0 Å². The smallest absolute Gasteiger partial charge is 0.331 e. The molecule has 0 atom stereocenters. The van der Waals surface area contributed by atoms with Crippen LogP contribution in [0, 0.1) is 0 Å². The van der Waals surface area contributed by atoms with Crippen molar-refractivity contribution in [1.82, 2.24) is 10.2 Å². The summed E-state index contributed by atoms with van der Waals surface area (Å²) in [6, 6.07) is 4.96. The van der Waals surface area contributed by atoms with Crippen LogP contribution in [0.3, 0.4) is 0 Å². The zero-order valence-corrected chi connectivity index (χ0v) is 15.6. The van der Waals surface area contributed by atoms with Crippen LogP contribution >= 0.6 is 23.2 Å². The zero-order chi connectivity index (χ0) is 18.8. The van der Waals surface area contributed by atoms with Crippen LogP contribution in [0.2, 0.25) is 10.0 Å². The number of nitrogens with one attached hydrogen (secondary N) is 1. The maximum Gasteiger partial charge on any atom is 0.331 e. The van der Waals surface area contributed by atoms with E-state index in [-0.39, 0.29) is 12.5 Å². The van der Waals surface area contributed by atoms with E-state index in [1.165, 1.54) is 18.0 Å². The van der Waals surface area contributed by atoms with Gasteiger partial charge in [0.2, 0.25) is 5.91 Å². The van der Waals surface area contributed by atoms with Crippen LogP contribution in [-0.4, -0.2) is 49.4 Å². The van der Waals surface area contributed by atoms with E-state index in [0.29, 0.717) is 22.2 Å². The average molecular weight is 387 g/mol. The van der Waals surface area contributed by atoms with Crippen molar-refractivity contribution in [3.05, 3.63) is 39.9 Å². The molecule has 8 heteroatoms. The number of carbonyl (C=O) groups excluding carboxylic acids is 3. The van der Waals surface area contributed by atoms with Crippen molar-refractivity contribution >= 4 is 47.1 Å². The number of hydrogen-bond acceptors (Lipinski definition) is 4. The molecule has 0 radical (unpaired) electrons. The van der Waals surface area contributed by atoms with Gasteiger partial charge in [0.15, 0.2) is 6.61 Å². The van der Waals surface area contributed by atoms with Crippen molar-refractivity contribution in [3.63, 3.8) is 0 Å². The van der Waals surface area contributed by atoms with Gasteiger partial charge in [-0.15, -0.1) is 0 Å². The van der Waals surface area contributed by atoms with Crippen molar-refractivity contribution < 1.29 is 19.1 Å². The number of carbonyl (C=O) groups is 3. The zero-order valence-electron chi connectivity index (χ0n) is 14.1. The molecular weight excluding hydrogens is 367 g/mol. The highest BCUT2D eigenvalue weighted by Gasteiger charge is 2.14. The van der Waals surface area contributed by atoms with Gasteiger partial charge in [-0.3, -0.25) is 9.59 Å². The van der Waals surface area contributed by atoms with Crippen molar-refractivity contribution in [2.45, 2.75) is 13.3 Å². The average Bonchev–Trinajstić information content (AvgIpc) is 2.57. The van der Waals surface area contributed by atoms with E-state index in [4.69, 9.17) is 27.9 Å². The monoisotopic (exact) mass is 386 g/mol. The molecule has 0 unspecified atom stereocenters. The molecule has 0 aromatic heterocycles. The molecule has 0 aliphatic carbocycles. The van der Waals surface area contributed by atoms with Gasteiger partial charge >= 0.3 is 5.97 Å². The fourth-order valence-electron chi connectivity index (χ4n) is 1.74. The largest absolute Gasteiger partial charge is 0.452 e. The van der Waals surface area contributed by atoms with Gasteiger partial charge in [-0.25, -0.2) is 4.79 Å². The Bertz CT molecular complexity index is 642. The number of nitrogens with zero attached hydrogens (tertiary/aromatic N) is 1. The first-order valence-electron chi connectivity index (χ1n) is 7.64. The first-order chi connectivity index (χ1) is 11.8. The van der Waals surface area contributed by atoms with Gasteiger partial charge in [0.1, 0.15) is 0 Å². The number of benzene rings is 1. The van der Waals surface area contributed by atoms with E-state index in [9.17, 15) is 14.4 Å². The standard InChI is InChI=1S/C17H20Cl2N2O4/c1-3-9-20-15(22)10-21(2)16(23)11-25-17(24)8-7-12-13(18)5-4-6-14(12)19/h4-8H,3,9-11H2,1-2H3,(H,20,22)/b8-7+. The molecular formula is C17H20Cl2N2O4. The summed E-state index contributed by atoms with van der Waals surface area (Å²) in [5.74, 6) is -1.46. The van der Waals surface area contributed by atoms with Crippen LogP contribution in [0.25, 0.3) is 6.08 Å². The Balaban J connectivity index is 2.46. The summed E-state index contributed by atoms with van der Waals surface area (Å²) in [7, 11) is 1.46. The topological polar surface area (TPSA) is 75.7 Å². The Hall–Kier alpha value is -2.05. The summed E-state index contributed by atoms with van der Waals surface area (Å²) in [6.45, 7) is 1.92. The highest BCUT2D eigenvalue weighted by Crippen LogP contribution is 2.25. The lowest BCUT2D eigenvalue weighted by Gasteiger charge is -2.16. The maximum absolute atomic E-state index is 11.8. The third-order valence-corrected chi connectivity index (χ3v) is 3.76. The quantitative estimate of drug-likeness (QED) is 0.550. The van der Waals surface area contributed by atoms with E-state index in [0.717, 1.165) is 12.5 Å². The number of rotatable bonds is 8. The van der Waals surface area contributed by atoms with Crippen LogP contribution < -0.4 is 5.32 Å². The normalized spacial score (nSPS) is 10.6. The molecule has 2 amide bonds. The summed E-state index contributed by atoms with van der Waals surface area (Å²) >= 11 is 12.0. The molecule has 6 nitrogen and oxygen atoms in total. The number of halogens is 2. The molecule has 1 rings (SSSR count). The van der Waals surface area contributed by atoms with Crippen molar-refractivity contribution in [2.75, 3.05) is 26.7 Å². The Labute approximate surface area is 156 Å². The van der Waals surface area contributed by atoms with Gasteiger partial charge in [-0.05, 0) is 24.6 Å². The number of amides is 2. The first-order valence-corrected chi connectivity index (χ1v) is 8.40. The molecule has 0 aliphatic rings. The van der Waals surface area contributed by atoms with E-state index in [1.54, 1.807) is 18.2 Å². The first kappa shape index (κ1) is 21.0. The Morgan fingerprint density at radius 2 is 1.88 bits per heavy atom. The highest BCUT2D eigenvalue weighted by atomic mass is 35.5. The molecule has 0 heterocycles. The molecule has 0 saturated heterocycles. The number of ether oxygens (including phenoxy) is 1. The van der Waals surface area contributed by atoms with E-state index < -0.39 is 18.5 Å². The minimum atomic E-state index is -0.715. The second-order valence-corrected chi connectivity index (χ2v) is 5.99. The van der Waals surface area contributed by atoms with Gasteiger partial charge in [-0.1, -0.05) is 36.2 Å². The van der Waals surface area contributed by atoms with Crippen LogP contribution in [-0.2, 0) is 19.1 Å². The molecule has 25 heavy (non-hydrogen) atoms. The Morgan fingerprint density at radius 3 is 2.48 bits per heavy atom. The summed E-state index contributed by atoms with van der Waals surface area (Å²) in [5, 5.41) is 3.44. The fraction of sp³-hybridized carbons (Fsp3) is 0.353. The molecule has 0 bridgehead atoms. The van der Waals surface area contributed by atoms with Gasteiger partial charge < -0.3 is 15.0 Å². The second kappa shape index (κ2) is 10.7. The fourth-order valence-corrected chi connectivity index (χ4v) is 2.26.